The number of fused-ring (bicyclic) bond motifs is 1. The lowest BCUT2D eigenvalue weighted by Gasteiger charge is -2.17. The largest absolute Gasteiger partial charge is 0.354 e. The summed E-state index contributed by atoms with van der Waals surface area (Å²) in [7, 11) is 0. The quantitative estimate of drug-likeness (QED) is 0.881. The molecule has 0 unspecified atom stereocenters. The number of hydrogen-bond donors (Lipinski definition) is 2. The van der Waals surface area contributed by atoms with Gasteiger partial charge in [-0.2, -0.15) is 0 Å². The first-order valence-corrected chi connectivity index (χ1v) is 7.44. The van der Waals surface area contributed by atoms with E-state index in [1.165, 1.54) is 31.2 Å². The van der Waals surface area contributed by atoms with Crippen molar-refractivity contribution in [2.24, 2.45) is 4.99 Å². The van der Waals surface area contributed by atoms with Crippen LogP contribution >= 0.6 is 0 Å². The molecule has 0 amide bonds. The van der Waals surface area contributed by atoms with Gasteiger partial charge in [0.2, 0.25) is 5.95 Å². The highest BCUT2D eigenvalue weighted by Gasteiger charge is 2.23. The Balaban J connectivity index is 1.79. The Hall–Kier alpha value is -2.04. The predicted octanol–water partition coefficient (Wildman–Crippen LogP) is 2.52. The Labute approximate surface area is 118 Å². The molecular weight excluding hydrogens is 250 g/mol. The first-order chi connectivity index (χ1) is 9.92. The minimum atomic E-state index is 0.562. The monoisotopic (exact) mass is 269 g/mol. The van der Waals surface area contributed by atoms with E-state index < -0.39 is 0 Å². The zero-order valence-electron chi connectivity index (χ0n) is 11.5. The van der Waals surface area contributed by atoms with Gasteiger partial charge in [-0.25, -0.2) is 4.98 Å². The molecule has 2 N–H and O–H groups in total. The van der Waals surface area contributed by atoms with Crippen LogP contribution < -0.4 is 10.6 Å². The molecule has 0 spiro atoms. The number of anilines is 1. The summed E-state index contributed by atoms with van der Waals surface area (Å²) in [4.78, 5) is 9.16. The average molecular weight is 269 g/mol. The second-order valence-electron chi connectivity index (χ2n) is 5.51. The molecule has 1 aliphatic heterocycles. The summed E-state index contributed by atoms with van der Waals surface area (Å²) in [5.74, 6) is 1.77. The Morgan fingerprint density at radius 2 is 2.05 bits per heavy atom. The van der Waals surface area contributed by atoms with E-state index in [-0.39, 0.29) is 0 Å². The lowest BCUT2D eigenvalue weighted by Crippen LogP contribution is -2.28. The molecule has 1 fully saturated rings. The third kappa shape index (κ3) is 1.94. The fraction of sp³-hybridized carbons (Fsp3) is 0.467. The van der Waals surface area contributed by atoms with Gasteiger partial charge in [-0.05, 0) is 25.0 Å². The van der Waals surface area contributed by atoms with Gasteiger partial charge in [0.1, 0.15) is 0 Å². The fourth-order valence-electron chi connectivity index (χ4n) is 3.25. The van der Waals surface area contributed by atoms with E-state index in [1.807, 2.05) is 6.07 Å². The Morgan fingerprint density at radius 3 is 2.85 bits per heavy atom. The summed E-state index contributed by atoms with van der Waals surface area (Å²) in [5, 5.41) is 6.62. The summed E-state index contributed by atoms with van der Waals surface area (Å²) in [5.41, 5.74) is 2.28. The maximum Gasteiger partial charge on any atom is 0.211 e. The van der Waals surface area contributed by atoms with Crippen LogP contribution in [-0.4, -0.2) is 28.6 Å². The van der Waals surface area contributed by atoms with Crippen molar-refractivity contribution < 1.29 is 0 Å². The van der Waals surface area contributed by atoms with E-state index >= 15 is 0 Å². The number of nitrogens with one attached hydrogen (secondary N) is 2. The van der Waals surface area contributed by atoms with Gasteiger partial charge in [-0.3, -0.25) is 10.3 Å². The molecule has 104 valence electrons. The lowest BCUT2D eigenvalue weighted by molar-refractivity contribution is 0.539. The number of para-hydroxylation sites is 2. The molecule has 2 aliphatic rings. The first-order valence-electron chi connectivity index (χ1n) is 7.44. The predicted molar refractivity (Wildman–Crippen MR) is 81.2 cm³/mol. The first kappa shape index (κ1) is 11.8. The van der Waals surface area contributed by atoms with Gasteiger partial charge in [0.05, 0.1) is 17.6 Å². The van der Waals surface area contributed by atoms with Crippen LogP contribution in [0.25, 0.3) is 11.0 Å². The van der Waals surface area contributed by atoms with Gasteiger partial charge in [0.15, 0.2) is 5.96 Å². The highest BCUT2D eigenvalue weighted by molar-refractivity contribution is 5.95. The number of aliphatic imine (C=N–C) groups is 1. The van der Waals surface area contributed by atoms with E-state index in [2.05, 4.69) is 38.4 Å². The minimum absolute atomic E-state index is 0.562. The third-order valence-electron chi connectivity index (χ3n) is 4.19. The zero-order chi connectivity index (χ0) is 13.4. The maximum atomic E-state index is 4.75. The van der Waals surface area contributed by atoms with E-state index in [1.54, 1.807) is 0 Å². The highest BCUT2D eigenvalue weighted by atomic mass is 15.3. The van der Waals surface area contributed by atoms with Gasteiger partial charge in [0, 0.05) is 12.6 Å². The van der Waals surface area contributed by atoms with E-state index in [0.29, 0.717) is 6.04 Å². The van der Waals surface area contributed by atoms with Crippen LogP contribution in [0.15, 0.2) is 29.3 Å². The number of nitrogens with zero attached hydrogens (tertiary/aromatic N) is 3. The minimum Gasteiger partial charge on any atom is -0.354 e. The third-order valence-corrected chi connectivity index (χ3v) is 4.19. The van der Waals surface area contributed by atoms with Crippen molar-refractivity contribution in [2.75, 3.05) is 18.4 Å². The van der Waals surface area contributed by atoms with Crippen molar-refractivity contribution in [2.45, 2.75) is 31.7 Å². The van der Waals surface area contributed by atoms with Crippen LogP contribution in [-0.2, 0) is 0 Å². The highest BCUT2D eigenvalue weighted by Crippen LogP contribution is 2.35. The second kappa shape index (κ2) is 4.81. The van der Waals surface area contributed by atoms with Crippen LogP contribution in [0.5, 0.6) is 0 Å². The molecule has 20 heavy (non-hydrogen) atoms. The average Bonchev–Trinajstić information content (AvgIpc) is 3.18. The molecule has 2 aromatic rings. The van der Waals surface area contributed by atoms with Crippen molar-refractivity contribution in [3.63, 3.8) is 0 Å². The number of imidazole rings is 1. The molecule has 0 atom stereocenters. The molecule has 2 heterocycles. The normalized spacial score (nSPS) is 19.3. The second-order valence-corrected chi connectivity index (χ2v) is 5.51. The number of rotatable bonds is 2. The van der Waals surface area contributed by atoms with E-state index in [4.69, 9.17) is 4.98 Å². The number of benzene rings is 1. The smallest absolute Gasteiger partial charge is 0.211 e. The number of hydrogen-bond acceptors (Lipinski definition) is 4. The summed E-state index contributed by atoms with van der Waals surface area (Å²) in [6, 6.07) is 8.94. The van der Waals surface area contributed by atoms with Crippen molar-refractivity contribution in [1.29, 1.82) is 0 Å². The van der Waals surface area contributed by atoms with Crippen LogP contribution in [0.1, 0.15) is 31.7 Å². The molecule has 0 bridgehead atoms. The van der Waals surface area contributed by atoms with E-state index in [0.717, 1.165) is 30.5 Å². The van der Waals surface area contributed by atoms with Crippen LogP contribution in [0.3, 0.4) is 0 Å². The van der Waals surface area contributed by atoms with Crippen molar-refractivity contribution in [3.05, 3.63) is 24.3 Å². The Bertz CT molecular complexity index is 651. The number of guanidine groups is 1. The van der Waals surface area contributed by atoms with Crippen molar-refractivity contribution >= 4 is 22.9 Å². The topological polar surface area (TPSA) is 54.2 Å². The molecule has 1 saturated carbocycles. The summed E-state index contributed by atoms with van der Waals surface area (Å²) >= 11 is 0. The molecule has 0 radical (unpaired) electrons. The fourth-order valence-corrected chi connectivity index (χ4v) is 3.25. The Kier molecular flexibility index (Phi) is 2.83. The van der Waals surface area contributed by atoms with Crippen molar-refractivity contribution in [3.8, 4) is 0 Å². The number of aromatic nitrogens is 2. The Morgan fingerprint density at radius 1 is 1.20 bits per heavy atom. The molecule has 5 nitrogen and oxygen atoms in total. The van der Waals surface area contributed by atoms with Gasteiger partial charge in [-0.15, -0.1) is 0 Å². The van der Waals surface area contributed by atoms with Gasteiger partial charge in [0.25, 0.3) is 0 Å². The molecule has 1 aliphatic carbocycles. The van der Waals surface area contributed by atoms with Crippen LogP contribution in [0.4, 0.5) is 5.95 Å². The van der Waals surface area contributed by atoms with Gasteiger partial charge < -0.3 is 9.88 Å². The maximum absolute atomic E-state index is 4.75. The van der Waals surface area contributed by atoms with Crippen LogP contribution in [0.2, 0.25) is 0 Å². The summed E-state index contributed by atoms with van der Waals surface area (Å²) < 4.78 is 2.37. The molecule has 4 rings (SSSR count). The van der Waals surface area contributed by atoms with Crippen molar-refractivity contribution in [1.82, 2.24) is 14.9 Å². The standard InChI is InChI=1S/C15H19N5/c1-2-6-11(5-1)20-13-8-4-3-7-12(13)18-15(20)19-14-16-9-10-17-14/h3-4,7-8,11H,1-2,5-6,9-10H2,(H2,16,17,18,19). The van der Waals surface area contributed by atoms with Gasteiger partial charge >= 0.3 is 0 Å². The lowest BCUT2D eigenvalue weighted by atomic mass is 10.2. The molecule has 5 heteroatoms. The van der Waals surface area contributed by atoms with Gasteiger partial charge in [-0.1, -0.05) is 25.0 Å². The van der Waals surface area contributed by atoms with Crippen LogP contribution in [0, 0.1) is 0 Å². The molecule has 1 aromatic heterocycles. The summed E-state index contributed by atoms with van der Waals surface area (Å²) in [6.07, 6.45) is 5.12. The molecule has 1 aromatic carbocycles. The zero-order valence-corrected chi connectivity index (χ0v) is 11.5. The molecule has 0 saturated heterocycles. The molecular formula is C15H19N5. The SMILES string of the molecule is c1ccc2c(c1)nc(NC1=NCCN1)n2C1CCCC1. The van der Waals surface area contributed by atoms with E-state index in [9.17, 15) is 0 Å². The summed E-state index contributed by atoms with van der Waals surface area (Å²) in [6.45, 7) is 1.75.